The van der Waals surface area contributed by atoms with Crippen molar-refractivity contribution in [1.82, 2.24) is 15.1 Å². The van der Waals surface area contributed by atoms with Crippen LogP contribution in [-0.4, -0.2) is 22.2 Å². The van der Waals surface area contributed by atoms with Gasteiger partial charge >= 0.3 is 0 Å². The summed E-state index contributed by atoms with van der Waals surface area (Å²) in [5, 5.41) is 6.89. The van der Waals surface area contributed by atoms with Gasteiger partial charge < -0.3 is 9.73 Å². The smallest absolute Gasteiger partial charge is 0.266 e. The largest absolute Gasteiger partial charge is 0.463 e. The van der Waals surface area contributed by atoms with Crippen LogP contribution in [0.3, 0.4) is 0 Å². The maximum atomic E-state index is 12.8. The first-order valence-electron chi connectivity index (χ1n) is 7.95. The molecule has 0 spiro atoms. The molecule has 132 valence electrons. The summed E-state index contributed by atoms with van der Waals surface area (Å²) in [6.45, 7) is 0.463. The quantitative estimate of drug-likeness (QED) is 0.691. The van der Waals surface area contributed by atoms with E-state index in [1.807, 2.05) is 0 Å². The molecule has 7 heteroatoms. The van der Waals surface area contributed by atoms with E-state index in [4.69, 9.17) is 4.42 Å². The molecule has 0 saturated carbocycles. The van der Waals surface area contributed by atoms with E-state index in [1.54, 1.807) is 36.4 Å². The van der Waals surface area contributed by atoms with Crippen LogP contribution in [0.5, 0.6) is 0 Å². The number of carbonyl (C=O) groups excluding carboxylic acids is 1. The zero-order valence-electron chi connectivity index (χ0n) is 13.8. The molecule has 26 heavy (non-hydrogen) atoms. The van der Waals surface area contributed by atoms with Crippen molar-refractivity contribution >= 4 is 12.0 Å². The normalized spacial score (nSPS) is 11.0. The first-order chi connectivity index (χ1) is 12.6. The Morgan fingerprint density at radius 3 is 2.73 bits per heavy atom. The number of amides is 1. The zero-order valence-corrected chi connectivity index (χ0v) is 13.8. The van der Waals surface area contributed by atoms with E-state index in [-0.39, 0.29) is 30.4 Å². The summed E-state index contributed by atoms with van der Waals surface area (Å²) in [6.07, 6.45) is 4.46. The van der Waals surface area contributed by atoms with E-state index >= 15 is 0 Å². The fourth-order valence-corrected chi connectivity index (χ4v) is 2.25. The van der Waals surface area contributed by atoms with E-state index in [0.717, 1.165) is 0 Å². The van der Waals surface area contributed by atoms with Crippen molar-refractivity contribution in [3.63, 3.8) is 0 Å². The maximum absolute atomic E-state index is 12.8. The lowest BCUT2D eigenvalue weighted by Crippen LogP contribution is -2.31. The molecule has 0 radical (unpaired) electrons. The van der Waals surface area contributed by atoms with E-state index < -0.39 is 0 Å². The van der Waals surface area contributed by atoms with Gasteiger partial charge in [0.05, 0.1) is 12.8 Å². The first kappa shape index (κ1) is 17.3. The Morgan fingerprint density at radius 1 is 1.19 bits per heavy atom. The topological polar surface area (TPSA) is 77.1 Å². The number of carbonyl (C=O) groups is 1. The van der Waals surface area contributed by atoms with Gasteiger partial charge in [0, 0.05) is 18.7 Å². The third-order valence-corrected chi connectivity index (χ3v) is 3.56. The van der Waals surface area contributed by atoms with Crippen LogP contribution in [0.15, 0.2) is 70.1 Å². The molecular weight excluding hydrogens is 337 g/mol. The van der Waals surface area contributed by atoms with Gasteiger partial charge in [0.15, 0.2) is 5.76 Å². The Balaban J connectivity index is 1.56. The summed E-state index contributed by atoms with van der Waals surface area (Å²) < 4.78 is 19.3. The Bertz CT molecular complexity index is 960. The number of hydrogen-bond acceptors (Lipinski definition) is 4. The predicted octanol–water partition coefficient (Wildman–Crippen LogP) is 2.47. The summed E-state index contributed by atoms with van der Waals surface area (Å²) in [5.74, 6) is -0.0871. The van der Waals surface area contributed by atoms with E-state index in [2.05, 4.69) is 10.4 Å². The number of aromatic nitrogens is 2. The van der Waals surface area contributed by atoms with Gasteiger partial charge in [0.2, 0.25) is 5.91 Å². The van der Waals surface area contributed by atoms with E-state index in [9.17, 15) is 14.0 Å². The number of rotatable bonds is 6. The lowest BCUT2D eigenvalue weighted by Gasteiger charge is -2.06. The lowest BCUT2D eigenvalue weighted by molar-refractivity contribution is -0.116. The molecule has 0 atom stereocenters. The van der Waals surface area contributed by atoms with Crippen LogP contribution in [0.25, 0.3) is 17.5 Å². The van der Waals surface area contributed by atoms with Gasteiger partial charge in [0.25, 0.3) is 5.56 Å². The van der Waals surface area contributed by atoms with Crippen molar-refractivity contribution in [1.29, 1.82) is 0 Å². The Labute approximate surface area is 148 Å². The van der Waals surface area contributed by atoms with Crippen molar-refractivity contribution in [2.45, 2.75) is 6.54 Å². The average Bonchev–Trinajstić information content (AvgIpc) is 3.17. The summed E-state index contributed by atoms with van der Waals surface area (Å²) in [4.78, 5) is 23.7. The standard InChI is InChI=1S/C19H16FN3O3/c20-15-6-3-14(4-7-15)5-9-18(24)21-11-12-23-19(25)10-8-16(22-23)17-2-1-13-26-17/h1-10,13H,11-12H2,(H,21,24)/b9-5+. The number of furan rings is 1. The van der Waals surface area contributed by atoms with Gasteiger partial charge in [-0.25, -0.2) is 9.07 Å². The van der Waals surface area contributed by atoms with Gasteiger partial charge in [-0.1, -0.05) is 12.1 Å². The number of benzene rings is 1. The SMILES string of the molecule is O=C(/C=C/c1ccc(F)cc1)NCCn1nc(-c2ccco2)ccc1=O. The summed E-state index contributed by atoms with van der Waals surface area (Å²) in [6, 6.07) is 12.3. The van der Waals surface area contributed by atoms with Gasteiger partial charge in [-0.15, -0.1) is 0 Å². The molecule has 1 N–H and O–H groups in total. The van der Waals surface area contributed by atoms with Gasteiger partial charge in [-0.3, -0.25) is 9.59 Å². The van der Waals surface area contributed by atoms with Crippen molar-refractivity contribution in [3.05, 3.63) is 82.6 Å². The third kappa shape index (κ3) is 4.54. The Hall–Kier alpha value is -3.48. The minimum Gasteiger partial charge on any atom is -0.463 e. The molecule has 1 aromatic carbocycles. The van der Waals surface area contributed by atoms with Crippen LogP contribution in [0.1, 0.15) is 5.56 Å². The highest BCUT2D eigenvalue weighted by atomic mass is 19.1. The highest BCUT2D eigenvalue weighted by molar-refractivity contribution is 5.91. The second-order valence-corrected chi connectivity index (χ2v) is 5.43. The number of hydrogen-bond donors (Lipinski definition) is 1. The van der Waals surface area contributed by atoms with Crippen molar-refractivity contribution in [3.8, 4) is 11.5 Å². The monoisotopic (exact) mass is 353 g/mol. The van der Waals surface area contributed by atoms with Gasteiger partial charge in [-0.05, 0) is 42.0 Å². The van der Waals surface area contributed by atoms with Gasteiger partial charge in [-0.2, -0.15) is 5.10 Å². The molecule has 2 heterocycles. The zero-order chi connectivity index (χ0) is 18.4. The summed E-state index contributed by atoms with van der Waals surface area (Å²) in [7, 11) is 0. The fourth-order valence-electron chi connectivity index (χ4n) is 2.25. The second-order valence-electron chi connectivity index (χ2n) is 5.43. The van der Waals surface area contributed by atoms with E-state index in [1.165, 1.54) is 35.2 Å². The molecule has 0 saturated heterocycles. The fraction of sp³-hybridized carbons (Fsp3) is 0.105. The summed E-state index contributed by atoms with van der Waals surface area (Å²) >= 11 is 0. The maximum Gasteiger partial charge on any atom is 0.266 e. The molecule has 6 nitrogen and oxygen atoms in total. The highest BCUT2D eigenvalue weighted by Crippen LogP contribution is 2.14. The average molecular weight is 353 g/mol. The molecule has 0 bridgehead atoms. The van der Waals surface area contributed by atoms with Gasteiger partial charge in [0.1, 0.15) is 11.5 Å². The van der Waals surface area contributed by atoms with Crippen LogP contribution in [0.4, 0.5) is 4.39 Å². The number of nitrogens with zero attached hydrogens (tertiary/aromatic N) is 2. The van der Waals surface area contributed by atoms with Crippen LogP contribution in [0, 0.1) is 5.82 Å². The first-order valence-corrected chi connectivity index (χ1v) is 7.95. The Morgan fingerprint density at radius 2 is 2.00 bits per heavy atom. The summed E-state index contributed by atoms with van der Waals surface area (Å²) in [5.41, 5.74) is 0.985. The molecule has 1 amide bonds. The van der Waals surface area contributed by atoms with Crippen LogP contribution < -0.4 is 10.9 Å². The van der Waals surface area contributed by atoms with Crippen molar-refractivity contribution < 1.29 is 13.6 Å². The highest BCUT2D eigenvalue weighted by Gasteiger charge is 2.05. The minimum atomic E-state index is -0.332. The minimum absolute atomic E-state index is 0.226. The molecule has 0 fully saturated rings. The molecule has 0 aliphatic rings. The van der Waals surface area contributed by atoms with Crippen LogP contribution in [-0.2, 0) is 11.3 Å². The number of halogens is 1. The Kier molecular flexibility index (Phi) is 5.38. The molecule has 3 aromatic rings. The lowest BCUT2D eigenvalue weighted by atomic mass is 10.2. The van der Waals surface area contributed by atoms with Crippen molar-refractivity contribution in [2.75, 3.05) is 6.54 Å². The van der Waals surface area contributed by atoms with Crippen molar-refractivity contribution in [2.24, 2.45) is 0 Å². The molecular formula is C19H16FN3O3. The molecule has 0 aliphatic carbocycles. The van der Waals surface area contributed by atoms with Crippen LogP contribution in [0.2, 0.25) is 0 Å². The molecule has 2 aromatic heterocycles. The van der Waals surface area contributed by atoms with E-state index in [0.29, 0.717) is 17.0 Å². The third-order valence-electron chi connectivity index (χ3n) is 3.56. The predicted molar refractivity (Wildman–Crippen MR) is 94.6 cm³/mol. The number of nitrogens with one attached hydrogen (secondary N) is 1. The van der Waals surface area contributed by atoms with Crippen LogP contribution >= 0.6 is 0 Å². The second kappa shape index (κ2) is 8.06. The molecule has 3 rings (SSSR count). The molecule has 0 aliphatic heterocycles. The molecule has 0 unspecified atom stereocenters.